The van der Waals surface area contributed by atoms with Crippen LogP contribution in [0.2, 0.25) is 0 Å². The van der Waals surface area contributed by atoms with Gasteiger partial charge < -0.3 is 15.0 Å². The van der Waals surface area contributed by atoms with Crippen molar-refractivity contribution in [3.8, 4) is 0 Å². The Bertz CT molecular complexity index is 739. The number of fused-ring (bicyclic) bond motifs is 1. The molecule has 0 saturated carbocycles. The lowest BCUT2D eigenvalue weighted by molar-refractivity contribution is -0.116. The molecule has 0 bridgehead atoms. The third kappa shape index (κ3) is 3.03. The van der Waals surface area contributed by atoms with E-state index in [9.17, 15) is 4.79 Å². The average Bonchev–Trinajstić information content (AvgIpc) is 3.06. The maximum absolute atomic E-state index is 12.1. The highest BCUT2D eigenvalue weighted by Crippen LogP contribution is 2.43. The number of thiazole rings is 1. The molecule has 0 spiro atoms. The summed E-state index contributed by atoms with van der Waals surface area (Å²) < 4.78 is 5.42. The lowest BCUT2D eigenvalue weighted by Crippen LogP contribution is -2.36. The molecule has 7 heteroatoms. The zero-order valence-electron chi connectivity index (χ0n) is 13.4. The highest BCUT2D eigenvalue weighted by Gasteiger charge is 2.31. The van der Waals surface area contributed by atoms with Gasteiger partial charge in [-0.1, -0.05) is 23.5 Å². The summed E-state index contributed by atoms with van der Waals surface area (Å²) in [6.07, 6.45) is 2.55. The van der Waals surface area contributed by atoms with Crippen LogP contribution in [0.25, 0.3) is 0 Å². The van der Waals surface area contributed by atoms with Crippen LogP contribution in [0.3, 0.4) is 0 Å². The van der Waals surface area contributed by atoms with Crippen LogP contribution < -0.4 is 10.2 Å². The minimum Gasteiger partial charge on any atom is -0.378 e. The maximum atomic E-state index is 12.1. The van der Waals surface area contributed by atoms with Crippen LogP contribution in [-0.4, -0.2) is 43.5 Å². The average molecular weight is 361 g/mol. The van der Waals surface area contributed by atoms with E-state index in [0.717, 1.165) is 42.1 Å². The van der Waals surface area contributed by atoms with Gasteiger partial charge in [-0.05, 0) is 24.0 Å². The predicted octanol–water partition coefficient (Wildman–Crippen LogP) is 3.18. The maximum Gasteiger partial charge on any atom is 0.226 e. The molecular weight excluding hydrogens is 342 g/mol. The van der Waals surface area contributed by atoms with E-state index in [0.29, 0.717) is 6.42 Å². The number of thioether (sulfide) groups is 1. The number of hydrogen-bond acceptors (Lipinski definition) is 6. The summed E-state index contributed by atoms with van der Waals surface area (Å²) in [6, 6.07) is 8.51. The minimum atomic E-state index is 0.0419. The first-order chi connectivity index (χ1) is 11.7. The molecule has 2 aromatic rings. The fourth-order valence-electron chi connectivity index (χ4n) is 3.10. The second-order valence-corrected chi connectivity index (χ2v) is 7.78. The normalized spacial score (nSPS) is 20.6. The molecule has 1 saturated heterocycles. The van der Waals surface area contributed by atoms with Gasteiger partial charge in [-0.15, -0.1) is 11.8 Å². The Labute approximate surface area is 149 Å². The Morgan fingerprint density at radius 2 is 2.04 bits per heavy atom. The number of ether oxygens (including phenoxy) is 1. The molecule has 1 fully saturated rings. The van der Waals surface area contributed by atoms with Crippen molar-refractivity contribution in [3.05, 3.63) is 34.7 Å². The lowest BCUT2D eigenvalue weighted by Gasteiger charge is -2.26. The standard InChI is InChI=1S/C17H19N3O2S2/c1-23-12-4-2-11(3-5-12)13-10-14(21)18-16-15(13)24-17(19-16)20-6-8-22-9-7-20/h2-5,13H,6-10H2,1H3,(H,18,21)/t13-/m1/s1. The van der Waals surface area contributed by atoms with Crippen LogP contribution in [0, 0.1) is 0 Å². The third-order valence-electron chi connectivity index (χ3n) is 4.41. The van der Waals surface area contributed by atoms with Crippen LogP contribution in [0.4, 0.5) is 10.9 Å². The van der Waals surface area contributed by atoms with E-state index >= 15 is 0 Å². The van der Waals surface area contributed by atoms with E-state index in [1.807, 2.05) is 0 Å². The van der Waals surface area contributed by atoms with Crippen molar-refractivity contribution in [3.63, 3.8) is 0 Å². The van der Waals surface area contributed by atoms with E-state index in [2.05, 4.69) is 45.7 Å². The Kier molecular flexibility index (Phi) is 4.47. The number of benzene rings is 1. The summed E-state index contributed by atoms with van der Waals surface area (Å²) in [4.78, 5) is 21.5. The zero-order chi connectivity index (χ0) is 16.5. The summed E-state index contributed by atoms with van der Waals surface area (Å²) in [6.45, 7) is 3.17. The monoisotopic (exact) mass is 361 g/mol. The molecule has 1 atom stereocenters. The van der Waals surface area contributed by atoms with Gasteiger partial charge in [0.2, 0.25) is 5.91 Å². The van der Waals surface area contributed by atoms with Gasteiger partial charge in [0, 0.05) is 30.3 Å². The Morgan fingerprint density at radius 1 is 1.29 bits per heavy atom. The van der Waals surface area contributed by atoms with Crippen molar-refractivity contribution in [2.45, 2.75) is 17.2 Å². The number of carbonyl (C=O) groups excluding carboxylic acids is 1. The minimum absolute atomic E-state index is 0.0419. The SMILES string of the molecule is CSc1ccc([C@H]2CC(=O)Nc3nc(N4CCOCC4)sc32)cc1. The highest BCUT2D eigenvalue weighted by molar-refractivity contribution is 7.98. The number of amides is 1. The molecule has 2 aliphatic heterocycles. The molecule has 1 amide bonds. The van der Waals surface area contributed by atoms with E-state index in [4.69, 9.17) is 4.74 Å². The molecule has 126 valence electrons. The van der Waals surface area contributed by atoms with Crippen LogP contribution in [0.5, 0.6) is 0 Å². The lowest BCUT2D eigenvalue weighted by atomic mass is 9.92. The van der Waals surface area contributed by atoms with Crippen LogP contribution in [-0.2, 0) is 9.53 Å². The van der Waals surface area contributed by atoms with E-state index in [-0.39, 0.29) is 11.8 Å². The van der Waals surface area contributed by atoms with Gasteiger partial charge >= 0.3 is 0 Å². The highest BCUT2D eigenvalue weighted by atomic mass is 32.2. The quantitative estimate of drug-likeness (QED) is 0.851. The summed E-state index contributed by atoms with van der Waals surface area (Å²) in [7, 11) is 0. The van der Waals surface area contributed by atoms with Crippen molar-refractivity contribution < 1.29 is 9.53 Å². The number of nitrogens with one attached hydrogen (secondary N) is 1. The van der Waals surface area contributed by atoms with Crippen LogP contribution >= 0.6 is 23.1 Å². The third-order valence-corrected chi connectivity index (χ3v) is 6.38. The number of carbonyl (C=O) groups is 1. The van der Waals surface area contributed by atoms with Crippen molar-refractivity contribution in [2.24, 2.45) is 0 Å². The number of hydrogen-bond donors (Lipinski definition) is 1. The number of nitrogens with zero attached hydrogens (tertiary/aromatic N) is 2. The summed E-state index contributed by atoms with van der Waals surface area (Å²) >= 11 is 3.42. The number of morpholine rings is 1. The first-order valence-electron chi connectivity index (χ1n) is 8.02. The van der Waals surface area contributed by atoms with Crippen LogP contribution in [0.1, 0.15) is 22.8 Å². The van der Waals surface area contributed by atoms with Crippen molar-refractivity contribution in [2.75, 3.05) is 42.8 Å². The Hall–Kier alpha value is -1.57. The van der Waals surface area contributed by atoms with Gasteiger partial charge in [0.15, 0.2) is 5.13 Å². The second-order valence-electron chi connectivity index (χ2n) is 5.89. The molecule has 3 heterocycles. The first kappa shape index (κ1) is 15.9. The zero-order valence-corrected chi connectivity index (χ0v) is 15.1. The molecule has 0 radical (unpaired) electrons. The Morgan fingerprint density at radius 3 is 2.75 bits per heavy atom. The van der Waals surface area contributed by atoms with Gasteiger partial charge in [0.25, 0.3) is 0 Å². The van der Waals surface area contributed by atoms with Crippen molar-refractivity contribution >= 4 is 40.0 Å². The predicted molar refractivity (Wildman–Crippen MR) is 98.5 cm³/mol. The van der Waals surface area contributed by atoms with Crippen molar-refractivity contribution in [1.82, 2.24) is 4.98 Å². The second kappa shape index (κ2) is 6.74. The molecule has 1 N–H and O–H groups in total. The summed E-state index contributed by atoms with van der Waals surface area (Å²) in [5.41, 5.74) is 1.18. The number of rotatable bonds is 3. The fraction of sp³-hybridized carbons (Fsp3) is 0.412. The van der Waals surface area contributed by atoms with Gasteiger partial charge in [0.1, 0.15) is 5.82 Å². The first-order valence-corrected chi connectivity index (χ1v) is 10.1. The number of aromatic nitrogens is 1. The van der Waals surface area contributed by atoms with E-state index < -0.39 is 0 Å². The number of anilines is 2. The smallest absolute Gasteiger partial charge is 0.226 e. The fourth-order valence-corrected chi connectivity index (χ4v) is 4.71. The molecule has 5 nitrogen and oxygen atoms in total. The molecular formula is C17H19N3O2S2. The molecule has 2 aliphatic rings. The summed E-state index contributed by atoms with van der Waals surface area (Å²) in [5.74, 6) is 0.869. The van der Waals surface area contributed by atoms with Gasteiger partial charge in [0.05, 0.1) is 18.1 Å². The molecule has 1 aromatic carbocycles. The van der Waals surface area contributed by atoms with E-state index in [1.165, 1.54) is 10.5 Å². The molecule has 0 aliphatic carbocycles. The largest absolute Gasteiger partial charge is 0.378 e. The van der Waals surface area contributed by atoms with E-state index in [1.54, 1.807) is 23.1 Å². The Balaban J connectivity index is 1.67. The molecule has 4 rings (SSSR count). The summed E-state index contributed by atoms with van der Waals surface area (Å²) in [5, 5.41) is 3.92. The van der Waals surface area contributed by atoms with Crippen LogP contribution in [0.15, 0.2) is 29.2 Å². The molecule has 0 unspecified atom stereocenters. The molecule has 1 aromatic heterocycles. The molecule has 24 heavy (non-hydrogen) atoms. The van der Waals surface area contributed by atoms with Gasteiger partial charge in [-0.25, -0.2) is 4.98 Å². The topological polar surface area (TPSA) is 54.5 Å². The van der Waals surface area contributed by atoms with Gasteiger partial charge in [-0.2, -0.15) is 0 Å². The van der Waals surface area contributed by atoms with Crippen molar-refractivity contribution in [1.29, 1.82) is 0 Å². The van der Waals surface area contributed by atoms with Gasteiger partial charge in [-0.3, -0.25) is 4.79 Å².